The predicted octanol–water partition coefficient (Wildman–Crippen LogP) is 3.76. The number of aromatic nitrogens is 2. The van der Waals surface area contributed by atoms with Gasteiger partial charge in [0.1, 0.15) is 0 Å². The Morgan fingerprint density at radius 1 is 1.05 bits per heavy atom. The minimum absolute atomic E-state index is 0.523. The van der Waals surface area contributed by atoms with Crippen molar-refractivity contribution >= 4 is 15.9 Å². The topological polar surface area (TPSA) is 43.8 Å². The number of rotatable bonds is 3. The SMILES string of the molecule is NCc1ccc(-n2cc(-c3ccccc3)cn2)cc1Br. The molecule has 0 bridgehead atoms. The molecule has 0 aliphatic rings. The van der Waals surface area contributed by atoms with Crippen molar-refractivity contribution in [3.05, 3.63) is 71.0 Å². The van der Waals surface area contributed by atoms with E-state index in [0.717, 1.165) is 26.9 Å². The summed E-state index contributed by atoms with van der Waals surface area (Å²) in [6.07, 6.45) is 3.90. The van der Waals surface area contributed by atoms with Gasteiger partial charge < -0.3 is 5.73 Å². The van der Waals surface area contributed by atoms with Crippen molar-refractivity contribution in [3.63, 3.8) is 0 Å². The van der Waals surface area contributed by atoms with E-state index in [1.54, 1.807) is 0 Å². The first kappa shape index (κ1) is 13.1. The molecule has 1 heterocycles. The average molecular weight is 328 g/mol. The third-order valence-electron chi connectivity index (χ3n) is 3.21. The summed E-state index contributed by atoms with van der Waals surface area (Å²) in [5, 5.41) is 4.42. The van der Waals surface area contributed by atoms with Gasteiger partial charge in [-0.1, -0.05) is 52.3 Å². The van der Waals surface area contributed by atoms with E-state index in [9.17, 15) is 0 Å². The Hall–Kier alpha value is -1.91. The average Bonchev–Trinajstić information content (AvgIpc) is 2.98. The van der Waals surface area contributed by atoms with Crippen LogP contribution in [0.4, 0.5) is 0 Å². The van der Waals surface area contributed by atoms with E-state index in [4.69, 9.17) is 5.73 Å². The minimum atomic E-state index is 0.523. The van der Waals surface area contributed by atoms with Crippen LogP contribution in [0.3, 0.4) is 0 Å². The molecular weight excluding hydrogens is 314 g/mol. The second-order valence-corrected chi connectivity index (χ2v) is 5.37. The number of benzene rings is 2. The Morgan fingerprint density at radius 3 is 2.55 bits per heavy atom. The number of halogens is 1. The Balaban J connectivity index is 1.96. The third kappa shape index (κ3) is 2.53. The predicted molar refractivity (Wildman–Crippen MR) is 84.6 cm³/mol. The van der Waals surface area contributed by atoms with E-state index in [0.29, 0.717) is 6.54 Å². The van der Waals surface area contributed by atoms with Gasteiger partial charge in [-0.05, 0) is 23.3 Å². The number of hydrogen-bond donors (Lipinski definition) is 1. The normalized spacial score (nSPS) is 10.7. The van der Waals surface area contributed by atoms with E-state index < -0.39 is 0 Å². The zero-order valence-electron chi connectivity index (χ0n) is 10.8. The standard InChI is InChI=1S/C16H14BrN3/c17-16-8-15(7-6-13(16)9-18)20-11-14(10-19-20)12-4-2-1-3-5-12/h1-8,10-11H,9,18H2. The molecule has 100 valence electrons. The second kappa shape index (κ2) is 5.61. The zero-order valence-corrected chi connectivity index (χ0v) is 12.4. The molecule has 0 saturated carbocycles. The molecule has 0 aliphatic carbocycles. The van der Waals surface area contributed by atoms with Crippen molar-refractivity contribution in [1.82, 2.24) is 9.78 Å². The summed E-state index contributed by atoms with van der Waals surface area (Å²) in [5.41, 5.74) is 10.0. The lowest BCUT2D eigenvalue weighted by molar-refractivity contribution is 0.877. The summed E-state index contributed by atoms with van der Waals surface area (Å²) < 4.78 is 2.88. The molecule has 0 aliphatic heterocycles. The fourth-order valence-corrected chi connectivity index (χ4v) is 2.62. The third-order valence-corrected chi connectivity index (χ3v) is 3.95. The molecule has 0 spiro atoms. The summed E-state index contributed by atoms with van der Waals surface area (Å²) in [4.78, 5) is 0. The first-order valence-electron chi connectivity index (χ1n) is 6.37. The largest absolute Gasteiger partial charge is 0.326 e. The van der Waals surface area contributed by atoms with Crippen LogP contribution in [0.25, 0.3) is 16.8 Å². The Bertz CT molecular complexity index is 720. The highest BCUT2D eigenvalue weighted by molar-refractivity contribution is 9.10. The Kier molecular flexibility index (Phi) is 3.67. The smallest absolute Gasteiger partial charge is 0.0657 e. The lowest BCUT2D eigenvalue weighted by Gasteiger charge is -2.05. The molecule has 2 aromatic carbocycles. The number of nitrogens with zero attached hydrogens (tertiary/aromatic N) is 2. The molecule has 2 N–H and O–H groups in total. The van der Waals surface area contributed by atoms with Crippen LogP contribution in [0.5, 0.6) is 0 Å². The van der Waals surface area contributed by atoms with Gasteiger partial charge in [-0.3, -0.25) is 0 Å². The Labute approximate surface area is 126 Å². The minimum Gasteiger partial charge on any atom is -0.326 e. The van der Waals surface area contributed by atoms with Crippen LogP contribution >= 0.6 is 15.9 Å². The fraction of sp³-hybridized carbons (Fsp3) is 0.0625. The van der Waals surface area contributed by atoms with Crippen LogP contribution in [0.15, 0.2) is 65.4 Å². The number of hydrogen-bond acceptors (Lipinski definition) is 2. The summed E-state index contributed by atoms with van der Waals surface area (Å²) in [5.74, 6) is 0. The summed E-state index contributed by atoms with van der Waals surface area (Å²) in [6.45, 7) is 0.523. The molecule has 3 aromatic rings. The van der Waals surface area contributed by atoms with Crippen LogP contribution in [-0.2, 0) is 6.54 Å². The van der Waals surface area contributed by atoms with E-state index in [1.807, 2.05) is 53.5 Å². The maximum Gasteiger partial charge on any atom is 0.0657 e. The first-order valence-corrected chi connectivity index (χ1v) is 7.16. The lowest BCUT2D eigenvalue weighted by atomic mass is 10.1. The highest BCUT2D eigenvalue weighted by Crippen LogP contribution is 2.23. The van der Waals surface area contributed by atoms with Gasteiger partial charge in [-0.2, -0.15) is 5.10 Å². The van der Waals surface area contributed by atoms with E-state index in [-0.39, 0.29) is 0 Å². The van der Waals surface area contributed by atoms with E-state index >= 15 is 0 Å². The zero-order chi connectivity index (χ0) is 13.9. The van der Waals surface area contributed by atoms with Gasteiger partial charge in [-0.25, -0.2) is 4.68 Å². The van der Waals surface area contributed by atoms with Gasteiger partial charge in [0, 0.05) is 22.8 Å². The van der Waals surface area contributed by atoms with Crippen molar-refractivity contribution in [2.75, 3.05) is 0 Å². The first-order chi connectivity index (χ1) is 9.78. The molecule has 0 radical (unpaired) electrons. The molecule has 3 nitrogen and oxygen atoms in total. The molecule has 3 rings (SSSR count). The van der Waals surface area contributed by atoms with E-state index in [1.165, 1.54) is 0 Å². The van der Waals surface area contributed by atoms with Crippen LogP contribution in [0.1, 0.15) is 5.56 Å². The molecule has 0 atom stereocenters. The quantitative estimate of drug-likeness (QED) is 0.795. The van der Waals surface area contributed by atoms with Gasteiger partial charge in [0.05, 0.1) is 11.9 Å². The van der Waals surface area contributed by atoms with Crippen molar-refractivity contribution < 1.29 is 0 Å². The van der Waals surface area contributed by atoms with Gasteiger partial charge in [0.25, 0.3) is 0 Å². The van der Waals surface area contributed by atoms with Crippen molar-refractivity contribution in [3.8, 4) is 16.8 Å². The molecule has 0 amide bonds. The fourth-order valence-electron chi connectivity index (χ4n) is 2.09. The number of nitrogens with two attached hydrogens (primary N) is 1. The van der Waals surface area contributed by atoms with Crippen molar-refractivity contribution in [2.45, 2.75) is 6.54 Å². The van der Waals surface area contributed by atoms with Crippen LogP contribution in [0, 0.1) is 0 Å². The summed E-state index contributed by atoms with van der Waals surface area (Å²) in [6, 6.07) is 16.3. The second-order valence-electron chi connectivity index (χ2n) is 4.52. The molecular formula is C16H14BrN3. The summed E-state index contributed by atoms with van der Waals surface area (Å²) >= 11 is 3.54. The molecule has 0 saturated heterocycles. The maximum atomic E-state index is 5.67. The molecule has 20 heavy (non-hydrogen) atoms. The van der Waals surface area contributed by atoms with Gasteiger partial charge in [0.15, 0.2) is 0 Å². The van der Waals surface area contributed by atoms with Gasteiger partial charge in [-0.15, -0.1) is 0 Å². The Morgan fingerprint density at radius 2 is 1.85 bits per heavy atom. The highest BCUT2D eigenvalue weighted by Gasteiger charge is 2.05. The molecule has 1 aromatic heterocycles. The van der Waals surface area contributed by atoms with Gasteiger partial charge >= 0.3 is 0 Å². The van der Waals surface area contributed by atoms with Crippen LogP contribution < -0.4 is 5.73 Å². The van der Waals surface area contributed by atoms with Crippen molar-refractivity contribution in [1.29, 1.82) is 0 Å². The molecule has 0 unspecified atom stereocenters. The highest BCUT2D eigenvalue weighted by atomic mass is 79.9. The molecule has 4 heteroatoms. The molecule has 0 fully saturated rings. The van der Waals surface area contributed by atoms with Crippen LogP contribution in [-0.4, -0.2) is 9.78 Å². The van der Waals surface area contributed by atoms with Gasteiger partial charge in [0.2, 0.25) is 0 Å². The van der Waals surface area contributed by atoms with Crippen LogP contribution in [0.2, 0.25) is 0 Å². The maximum absolute atomic E-state index is 5.67. The summed E-state index contributed by atoms with van der Waals surface area (Å²) in [7, 11) is 0. The van der Waals surface area contributed by atoms with E-state index in [2.05, 4.69) is 33.2 Å². The lowest BCUT2D eigenvalue weighted by Crippen LogP contribution is -1.99. The monoisotopic (exact) mass is 327 g/mol. The van der Waals surface area contributed by atoms with Crippen molar-refractivity contribution in [2.24, 2.45) is 5.73 Å².